The van der Waals surface area contributed by atoms with Crippen LogP contribution < -0.4 is 5.32 Å². The van der Waals surface area contributed by atoms with Crippen LogP contribution in [0.2, 0.25) is 0 Å². The number of methoxy groups -OCH3 is 1. The standard InChI is InChI=1S/C17H18FNO3S2/c1-11(17(21)22-2)24-10-15(20)19-16(14-4-3-9-23-14)12-5-7-13(18)8-6-12/h3-9,11,16H,10H2,1-2H3,(H,19,20). The molecule has 0 aliphatic heterocycles. The van der Waals surface area contributed by atoms with Gasteiger partial charge in [0.05, 0.1) is 18.9 Å². The summed E-state index contributed by atoms with van der Waals surface area (Å²) in [6.07, 6.45) is 0. The molecular weight excluding hydrogens is 349 g/mol. The number of amides is 1. The monoisotopic (exact) mass is 367 g/mol. The molecule has 4 nitrogen and oxygen atoms in total. The van der Waals surface area contributed by atoms with Gasteiger partial charge < -0.3 is 10.1 Å². The normalized spacial score (nSPS) is 13.1. The van der Waals surface area contributed by atoms with Crippen molar-refractivity contribution in [1.82, 2.24) is 5.32 Å². The smallest absolute Gasteiger partial charge is 0.318 e. The lowest BCUT2D eigenvalue weighted by Gasteiger charge is -2.18. The van der Waals surface area contributed by atoms with Gasteiger partial charge in [-0.05, 0) is 36.1 Å². The van der Waals surface area contributed by atoms with E-state index in [9.17, 15) is 14.0 Å². The Bertz CT molecular complexity index is 674. The lowest BCUT2D eigenvalue weighted by molar-refractivity contribution is -0.139. The molecule has 1 heterocycles. The van der Waals surface area contributed by atoms with E-state index in [-0.39, 0.29) is 29.5 Å². The van der Waals surface area contributed by atoms with Crippen LogP contribution in [0, 0.1) is 5.82 Å². The summed E-state index contributed by atoms with van der Waals surface area (Å²) in [6.45, 7) is 1.69. The van der Waals surface area contributed by atoms with Crippen molar-refractivity contribution in [3.63, 3.8) is 0 Å². The lowest BCUT2D eigenvalue weighted by atomic mass is 10.1. The van der Waals surface area contributed by atoms with Crippen molar-refractivity contribution in [2.24, 2.45) is 0 Å². The van der Waals surface area contributed by atoms with Crippen molar-refractivity contribution in [2.45, 2.75) is 18.2 Å². The number of ether oxygens (including phenoxy) is 1. The van der Waals surface area contributed by atoms with E-state index in [1.807, 2.05) is 17.5 Å². The molecule has 0 spiro atoms. The van der Waals surface area contributed by atoms with Crippen LogP contribution in [0.15, 0.2) is 41.8 Å². The van der Waals surface area contributed by atoms with Crippen molar-refractivity contribution < 1.29 is 18.7 Å². The quantitative estimate of drug-likeness (QED) is 0.762. The molecule has 2 rings (SSSR count). The number of hydrogen-bond acceptors (Lipinski definition) is 5. The first kappa shape index (κ1) is 18.5. The fourth-order valence-corrected chi connectivity index (χ4v) is 3.59. The van der Waals surface area contributed by atoms with Crippen LogP contribution in [0.5, 0.6) is 0 Å². The van der Waals surface area contributed by atoms with Gasteiger partial charge in [-0.3, -0.25) is 9.59 Å². The molecule has 128 valence electrons. The molecule has 2 atom stereocenters. The number of thioether (sulfide) groups is 1. The number of carbonyl (C=O) groups is 2. The predicted molar refractivity (Wildman–Crippen MR) is 94.6 cm³/mol. The zero-order valence-electron chi connectivity index (χ0n) is 13.3. The fourth-order valence-electron chi connectivity index (χ4n) is 2.07. The van der Waals surface area contributed by atoms with Gasteiger partial charge >= 0.3 is 5.97 Å². The molecule has 0 aliphatic carbocycles. The zero-order valence-corrected chi connectivity index (χ0v) is 15.0. The second-order valence-electron chi connectivity index (χ2n) is 5.04. The Kier molecular flexibility index (Phi) is 6.81. The lowest BCUT2D eigenvalue weighted by Crippen LogP contribution is -2.31. The van der Waals surface area contributed by atoms with E-state index in [1.54, 1.807) is 19.1 Å². The third kappa shape index (κ3) is 5.07. The van der Waals surface area contributed by atoms with Gasteiger partial charge in [-0.2, -0.15) is 0 Å². The molecule has 0 saturated carbocycles. The van der Waals surface area contributed by atoms with Crippen molar-refractivity contribution in [1.29, 1.82) is 0 Å². The minimum Gasteiger partial charge on any atom is -0.468 e. The first-order chi connectivity index (χ1) is 11.5. The Morgan fingerprint density at radius 3 is 2.58 bits per heavy atom. The number of hydrogen-bond donors (Lipinski definition) is 1. The summed E-state index contributed by atoms with van der Waals surface area (Å²) in [5, 5.41) is 4.46. The molecule has 1 aromatic carbocycles. The van der Waals surface area contributed by atoms with Crippen LogP contribution in [0.25, 0.3) is 0 Å². The highest BCUT2D eigenvalue weighted by Crippen LogP contribution is 2.26. The van der Waals surface area contributed by atoms with Gasteiger partial charge in [0.2, 0.25) is 5.91 Å². The van der Waals surface area contributed by atoms with E-state index >= 15 is 0 Å². The Morgan fingerprint density at radius 1 is 1.29 bits per heavy atom. The van der Waals surface area contributed by atoms with E-state index in [4.69, 9.17) is 0 Å². The van der Waals surface area contributed by atoms with E-state index < -0.39 is 5.25 Å². The summed E-state index contributed by atoms with van der Waals surface area (Å²) >= 11 is 2.73. The number of carbonyl (C=O) groups excluding carboxylic acids is 2. The predicted octanol–water partition coefficient (Wildman–Crippen LogP) is 3.39. The van der Waals surface area contributed by atoms with Crippen molar-refractivity contribution in [3.8, 4) is 0 Å². The third-order valence-corrected chi connectivity index (χ3v) is 5.39. The van der Waals surface area contributed by atoms with Gasteiger partial charge in [0.1, 0.15) is 11.1 Å². The van der Waals surface area contributed by atoms with Crippen LogP contribution in [0.1, 0.15) is 23.4 Å². The number of thiophene rings is 1. The number of halogens is 1. The van der Waals surface area contributed by atoms with E-state index in [2.05, 4.69) is 10.1 Å². The van der Waals surface area contributed by atoms with Gasteiger partial charge in [0, 0.05) is 4.88 Å². The largest absolute Gasteiger partial charge is 0.468 e. The molecule has 1 amide bonds. The van der Waals surface area contributed by atoms with Crippen molar-refractivity contribution >= 4 is 35.0 Å². The summed E-state index contributed by atoms with van der Waals surface area (Å²) < 4.78 is 17.8. The number of esters is 1. The summed E-state index contributed by atoms with van der Waals surface area (Å²) in [5.41, 5.74) is 0.804. The molecule has 1 aromatic heterocycles. The average Bonchev–Trinajstić information content (AvgIpc) is 3.12. The Balaban J connectivity index is 2.05. The summed E-state index contributed by atoms with van der Waals surface area (Å²) in [7, 11) is 1.32. The minimum absolute atomic E-state index is 0.138. The molecule has 0 aliphatic rings. The minimum atomic E-state index is -0.410. The summed E-state index contributed by atoms with van der Waals surface area (Å²) in [4.78, 5) is 24.6. The Labute approximate surface area is 148 Å². The molecule has 1 N–H and O–H groups in total. The average molecular weight is 367 g/mol. The molecular formula is C17H18FNO3S2. The number of benzene rings is 1. The Morgan fingerprint density at radius 2 is 2.00 bits per heavy atom. The van der Waals surface area contributed by atoms with Crippen LogP contribution in [-0.2, 0) is 14.3 Å². The van der Waals surface area contributed by atoms with Crippen LogP contribution in [0.3, 0.4) is 0 Å². The highest BCUT2D eigenvalue weighted by Gasteiger charge is 2.20. The van der Waals surface area contributed by atoms with E-state index in [1.165, 1.54) is 42.3 Å². The zero-order chi connectivity index (χ0) is 17.5. The molecule has 0 fully saturated rings. The molecule has 2 aromatic rings. The topological polar surface area (TPSA) is 55.4 Å². The second-order valence-corrected chi connectivity index (χ2v) is 7.35. The number of nitrogens with one attached hydrogen (secondary N) is 1. The maximum absolute atomic E-state index is 13.1. The van der Waals surface area contributed by atoms with Crippen LogP contribution in [-0.4, -0.2) is 30.0 Å². The number of rotatable bonds is 7. The highest BCUT2D eigenvalue weighted by atomic mass is 32.2. The molecule has 0 bridgehead atoms. The molecule has 2 unspecified atom stereocenters. The van der Waals surface area contributed by atoms with Gasteiger partial charge in [0.15, 0.2) is 0 Å². The third-order valence-electron chi connectivity index (χ3n) is 3.33. The van der Waals surface area contributed by atoms with Gasteiger partial charge in [-0.25, -0.2) is 4.39 Å². The van der Waals surface area contributed by atoms with Crippen molar-refractivity contribution in [2.75, 3.05) is 12.9 Å². The van der Waals surface area contributed by atoms with Gasteiger partial charge in [0.25, 0.3) is 0 Å². The van der Waals surface area contributed by atoms with E-state index in [0.717, 1.165) is 10.4 Å². The second kappa shape index (κ2) is 8.84. The maximum atomic E-state index is 13.1. The maximum Gasteiger partial charge on any atom is 0.318 e. The van der Waals surface area contributed by atoms with E-state index in [0.29, 0.717) is 0 Å². The first-order valence-electron chi connectivity index (χ1n) is 7.29. The van der Waals surface area contributed by atoms with Gasteiger partial charge in [-0.15, -0.1) is 23.1 Å². The molecule has 0 saturated heterocycles. The summed E-state index contributed by atoms with van der Waals surface area (Å²) in [6, 6.07) is 9.54. The van der Waals surface area contributed by atoms with Gasteiger partial charge in [-0.1, -0.05) is 18.2 Å². The summed E-state index contributed by atoms with van der Waals surface area (Å²) in [5.74, 6) is -0.739. The van der Waals surface area contributed by atoms with Crippen LogP contribution in [0.4, 0.5) is 4.39 Å². The first-order valence-corrected chi connectivity index (χ1v) is 9.21. The molecule has 0 radical (unpaired) electrons. The SMILES string of the molecule is COC(=O)C(C)SCC(=O)NC(c1ccc(F)cc1)c1cccs1. The molecule has 7 heteroatoms. The highest BCUT2D eigenvalue weighted by molar-refractivity contribution is 8.01. The van der Waals surface area contributed by atoms with Crippen molar-refractivity contribution in [3.05, 3.63) is 58.0 Å². The van der Waals surface area contributed by atoms with Crippen LogP contribution >= 0.6 is 23.1 Å². The Hall–Kier alpha value is -1.86. The molecule has 24 heavy (non-hydrogen) atoms. The fraction of sp³-hybridized carbons (Fsp3) is 0.294.